The predicted octanol–water partition coefficient (Wildman–Crippen LogP) is 1.57. The van der Waals surface area contributed by atoms with E-state index in [-0.39, 0.29) is 5.56 Å². The maximum absolute atomic E-state index is 11.0. The summed E-state index contributed by atoms with van der Waals surface area (Å²) < 4.78 is 2.06. The van der Waals surface area contributed by atoms with E-state index < -0.39 is 5.97 Å². The summed E-state index contributed by atoms with van der Waals surface area (Å²) in [5.41, 5.74) is 2.03. The Morgan fingerprint density at radius 3 is 3.11 bits per heavy atom. The monoisotopic (exact) mass is 259 g/mol. The van der Waals surface area contributed by atoms with E-state index in [2.05, 4.69) is 14.9 Å². The molecule has 5 nitrogen and oxygen atoms in total. The van der Waals surface area contributed by atoms with Crippen molar-refractivity contribution in [3.63, 3.8) is 0 Å². The lowest BCUT2D eigenvalue weighted by Crippen LogP contribution is -2.25. The Balaban J connectivity index is 1.96. The summed E-state index contributed by atoms with van der Waals surface area (Å²) in [5, 5.41) is 12.5. The zero-order valence-corrected chi connectivity index (χ0v) is 10.9. The molecule has 1 saturated heterocycles. The minimum Gasteiger partial charge on any atom is -0.478 e. The van der Waals surface area contributed by atoms with Crippen LogP contribution in [0.15, 0.2) is 18.2 Å². The van der Waals surface area contributed by atoms with Gasteiger partial charge >= 0.3 is 5.97 Å². The van der Waals surface area contributed by atoms with Gasteiger partial charge in [-0.15, -0.1) is 0 Å². The minimum absolute atomic E-state index is 0.288. The second kappa shape index (κ2) is 4.66. The maximum atomic E-state index is 11.0. The van der Waals surface area contributed by atoms with Crippen LogP contribution in [-0.4, -0.2) is 33.2 Å². The van der Waals surface area contributed by atoms with Gasteiger partial charge in [-0.3, -0.25) is 0 Å². The second-order valence-corrected chi connectivity index (χ2v) is 5.09. The lowest BCUT2D eigenvalue weighted by molar-refractivity contribution is 0.0697. The lowest BCUT2D eigenvalue weighted by Gasteiger charge is -2.09. The Bertz CT molecular complexity index is 627. The van der Waals surface area contributed by atoms with Crippen molar-refractivity contribution in [1.82, 2.24) is 14.9 Å². The van der Waals surface area contributed by atoms with Gasteiger partial charge in [0.15, 0.2) is 0 Å². The molecule has 0 radical (unpaired) electrons. The van der Waals surface area contributed by atoms with Crippen molar-refractivity contribution in [2.75, 3.05) is 6.54 Å². The molecular formula is C14H17N3O2. The first-order valence-electron chi connectivity index (χ1n) is 6.57. The van der Waals surface area contributed by atoms with Gasteiger partial charge in [0.2, 0.25) is 0 Å². The van der Waals surface area contributed by atoms with Crippen molar-refractivity contribution < 1.29 is 9.90 Å². The van der Waals surface area contributed by atoms with Gasteiger partial charge < -0.3 is 15.0 Å². The number of carboxylic acid groups (broad SMARTS) is 1. The number of nitrogens with one attached hydrogen (secondary N) is 1. The first-order chi connectivity index (χ1) is 9.15. The molecule has 1 atom stereocenters. The van der Waals surface area contributed by atoms with E-state index in [0.29, 0.717) is 6.04 Å². The summed E-state index contributed by atoms with van der Waals surface area (Å²) in [5.74, 6) is 0.100. The topological polar surface area (TPSA) is 67.2 Å². The number of benzene rings is 1. The number of aromatic carboxylic acids is 1. The van der Waals surface area contributed by atoms with Gasteiger partial charge in [-0.2, -0.15) is 0 Å². The standard InChI is InChI=1S/C14H17N3O2/c1-17-12-5-4-9(14(18)19)7-11(12)16-13(17)8-10-3-2-6-15-10/h4-5,7,10,15H,2-3,6,8H2,1H3,(H,18,19). The van der Waals surface area contributed by atoms with Crippen LogP contribution in [0.3, 0.4) is 0 Å². The zero-order valence-electron chi connectivity index (χ0n) is 10.9. The van der Waals surface area contributed by atoms with Crippen LogP contribution in [0.5, 0.6) is 0 Å². The number of nitrogens with zero attached hydrogens (tertiary/aromatic N) is 2. The molecule has 0 bridgehead atoms. The van der Waals surface area contributed by atoms with Gasteiger partial charge in [0.25, 0.3) is 0 Å². The highest BCUT2D eigenvalue weighted by atomic mass is 16.4. The van der Waals surface area contributed by atoms with Crippen LogP contribution in [0.4, 0.5) is 0 Å². The molecule has 0 amide bonds. The van der Waals surface area contributed by atoms with Crippen molar-refractivity contribution in [2.45, 2.75) is 25.3 Å². The Morgan fingerprint density at radius 1 is 1.58 bits per heavy atom. The molecule has 100 valence electrons. The van der Waals surface area contributed by atoms with Crippen LogP contribution in [0.1, 0.15) is 29.0 Å². The third-order valence-corrected chi connectivity index (χ3v) is 3.81. The molecule has 1 unspecified atom stereocenters. The molecule has 5 heteroatoms. The van der Waals surface area contributed by atoms with Crippen molar-refractivity contribution in [3.05, 3.63) is 29.6 Å². The van der Waals surface area contributed by atoms with Gasteiger partial charge in [-0.05, 0) is 37.6 Å². The molecule has 1 aliphatic heterocycles. The summed E-state index contributed by atoms with van der Waals surface area (Å²) in [7, 11) is 1.99. The molecule has 1 aliphatic rings. The number of aryl methyl sites for hydroxylation is 1. The van der Waals surface area contributed by atoms with Crippen molar-refractivity contribution in [3.8, 4) is 0 Å². The number of fused-ring (bicyclic) bond motifs is 1. The fourth-order valence-corrected chi connectivity index (χ4v) is 2.72. The Morgan fingerprint density at radius 2 is 2.42 bits per heavy atom. The summed E-state index contributed by atoms with van der Waals surface area (Å²) >= 11 is 0. The molecule has 0 aliphatic carbocycles. The Hall–Kier alpha value is -1.88. The van der Waals surface area contributed by atoms with Crippen LogP contribution in [-0.2, 0) is 13.5 Å². The van der Waals surface area contributed by atoms with Gasteiger partial charge in [0, 0.05) is 19.5 Å². The largest absolute Gasteiger partial charge is 0.478 e. The van der Waals surface area contributed by atoms with Crippen molar-refractivity contribution >= 4 is 17.0 Å². The third-order valence-electron chi connectivity index (χ3n) is 3.81. The normalized spacial score (nSPS) is 19.1. The predicted molar refractivity (Wildman–Crippen MR) is 72.4 cm³/mol. The summed E-state index contributed by atoms with van der Waals surface area (Å²) in [6, 6.07) is 5.60. The van der Waals surface area contributed by atoms with E-state index in [1.54, 1.807) is 12.1 Å². The molecule has 3 rings (SSSR count). The number of carboxylic acids is 1. The summed E-state index contributed by atoms with van der Waals surface area (Å²) in [6.07, 6.45) is 3.30. The summed E-state index contributed by atoms with van der Waals surface area (Å²) in [6.45, 7) is 1.08. The average Bonchev–Trinajstić information content (AvgIpc) is 2.99. The van der Waals surface area contributed by atoms with Gasteiger partial charge in [0.1, 0.15) is 5.82 Å². The molecular weight excluding hydrogens is 242 g/mol. The highest BCUT2D eigenvalue weighted by molar-refractivity contribution is 5.92. The minimum atomic E-state index is -0.911. The van der Waals surface area contributed by atoms with E-state index in [1.165, 1.54) is 12.8 Å². The fraction of sp³-hybridized carbons (Fsp3) is 0.429. The smallest absolute Gasteiger partial charge is 0.335 e. The number of hydrogen-bond acceptors (Lipinski definition) is 3. The van der Waals surface area contributed by atoms with E-state index in [0.717, 1.165) is 29.8 Å². The fourth-order valence-electron chi connectivity index (χ4n) is 2.72. The van der Waals surface area contributed by atoms with Gasteiger partial charge in [0.05, 0.1) is 16.6 Å². The molecule has 19 heavy (non-hydrogen) atoms. The van der Waals surface area contributed by atoms with E-state index in [9.17, 15) is 4.79 Å². The molecule has 2 N–H and O–H groups in total. The molecule has 2 heterocycles. The molecule has 1 aromatic carbocycles. The van der Waals surface area contributed by atoms with E-state index >= 15 is 0 Å². The number of aromatic nitrogens is 2. The molecule has 2 aromatic rings. The first-order valence-corrected chi connectivity index (χ1v) is 6.57. The zero-order chi connectivity index (χ0) is 13.4. The van der Waals surface area contributed by atoms with Crippen molar-refractivity contribution in [2.24, 2.45) is 7.05 Å². The number of rotatable bonds is 3. The summed E-state index contributed by atoms with van der Waals surface area (Å²) in [4.78, 5) is 15.5. The van der Waals surface area contributed by atoms with Crippen molar-refractivity contribution in [1.29, 1.82) is 0 Å². The first kappa shape index (κ1) is 12.2. The van der Waals surface area contributed by atoms with Crippen LogP contribution >= 0.6 is 0 Å². The SMILES string of the molecule is Cn1c(CC2CCCN2)nc2cc(C(=O)O)ccc21. The highest BCUT2D eigenvalue weighted by Gasteiger charge is 2.18. The second-order valence-electron chi connectivity index (χ2n) is 5.09. The molecule has 1 fully saturated rings. The molecule has 0 saturated carbocycles. The highest BCUT2D eigenvalue weighted by Crippen LogP contribution is 2.19. The number of imidazole rings is 1. The van der Waals surface area contributed by atoms with E-state index in [4.69, 9.17) is 5.11 Å². The van der Waals surface area contributed by atoms with Gasteiger partial charge in [-0.1, -0.05) is 0 Å². The number of carbonyl (C=O) groups is 1. The van der Waals surface area contributed by atoms with Crippen LogP contribution in [0, 0.1) is 0 Å². The van der Waals surface area contributed by atoms with E-state index in [1.807, 2.05) is 13.1 Å². The lowest BCUT2D eigenvalue weighted by atomic mass is 10.1. The maximum Gasteiger partial charge on any atom is 0.335 e. The Kier molecular flexibility index (Phi) is 2.98. The molecule has 0 spiro atoms. The van der Waals surface area contributed by atoms with Crippen LogP contribution < -0.4 is 5.32 Å². The average molecular weight is 259 g/mol. The number of hydrogen-bond donors (Lipinski definition) is 2. The molecule has 1 aromatic heterocycles. The quantitative estimate of drug-likeness (QED) is 0.878. The van der Waals surface area contributed by atoms with Crippen LogP contribution in [0.25, 0.3) is 11.0 Å². The van der Waals surface area contributed by atoms with Gasteiger partial charge in [-0.25, -0.2) is 9.78 Å². The van der Waals surface area contributed by atoms with Crippen LogP contribution in [0.2, 0.25) is 0 Å². The third kappa shape index (κ3) is 2.21. The Labute approximate surface area is 111 Å².